The fraction of sp³-hybridized carbons (Fsp3) is 0.0222. The zero-order valence-electron chi connectivity index (χ0n) is 25.9. The van der Waals surface area contributed by atoms with Gasteiger partial charge in [-0.3, -0.25) is 0 Å². The van der Waals surface area contributed by atoms with Crippen molar-refractivity contribution >= 4 is 21.8 Å². The lowest BCUT2D eigenvalue weighted by Gasteiger charge is -2.17. The third-order valence-corrected chi connectivity index (χ3v) is 9.67. The highest BCUT2D eigenvalue weighted by molar-refractivity contribution is 6.09. The molecule has 8 aromatic rings. The predicted molar refractivity (Wildman–Crippen MR) is 194 cm³/mol. The van der Waals surface area contributed by atoms with Crippen LogP contribution in [-0.2, 0) is 0 Å². The van der Waals surface area contributed by atoms with E-state index >= 15 is 0 Å². The summed E-state index contributed by atoms with van der Waals surface area (Å²) in [4.78, 5) is 0. The van der Waals surface area contributed by atoms with Gasteiger partial charge >= 0.3 is 0 Å². The van der Waals surface area contributed by atoms with E-state index in [1.807, 2.05) is 12.1 Å². The van der Waals surface area contributed by atoms with Crippen molar-refractivity contribution in [2.24, 2.45) is 0 Å². The first-order valence-corrected chi connectivity index (χ1v) is 16.1. The molecule has 0 radical (unpaired) electrons. The van der Waals surface area contributed by atoms with Crippen molar-refractivity contribution in [1.29, 1.82) is 10.5 Å². The van der Waals surface area contributed by atoms with Crippen LogP contribution in [0.2, 0.25) is 0 Å². The van der Waals surface area contributed by atoms with Crippen LogP contribution >= 0.6 is 0 Å². The predicted octanol–water partition coefficient (Wildman–Crippen LogP) is 11.0. The molecule has 0 amide bonds. The van der Waals surface area contributed by atoms with Gasteiger partial charge in [-0.15, -0.1) is 0 Å². The van der Waals surface area contributed by atoms with Gasteiger partial charge in [0, 0.05) is 22.4 Å². The van der Waals surface area contributed by atoms with Crippen LogP contribution in [0, 0.1) is 22.7 Å². The second-order valence-electron chi connectivity index (χ2n) is 12.4. The fourth-order valence-corrected chi connectivity index (χ4v) is 7.61. The van der Waals surface area contributed by atoms with Gasteiger partial charge < -0.3 is 4.57 Å². The molecular formula is C45H27N3. The normalized spacial score (nSPS) is 12.0. The summed E-state index contributed by atoms with van der Waals surface area (Å²) in [6.45, 7) is 0. The van der Waals surface area contributed by atoms with E-state index in [0.29, 0.717) is 11.1 Å². The van der Waals surface area contributed by atoms with Crippen LogP contribution in [0.15, 0.2) is 158 Å². The second kappa shape index (κ2) is 11.0. The molecule has 0 spiro atoms. The number of rotatable bonds is 4. The van der Waals surface area contributed by atoms with Crippen LogP contribution in [0.3, 0.4) is 0 Å². The topological polar surface area (TPSA) is 52.5 Å². The van der Waals surface area contributed by atoms with Crippen molar-refractivity contribution in [3.05, 3.63) is 186 Å². The maximum absolute atomic E-state index is 9.81. The van der Waals surface area contributed by atoms with Crippen molar-refractivity contribution in [3.8, 4) is 51.2 Å². The lowest BCUT2D eigenvalue weighted by Crippen LogP contribution is -2.00. The van der Waals surface area contributed by atoms with Gasteiger partial charge in [-0.1, -0.05) is 109 Å². The van der Waals surface area contributed by atoms with E-state index in [2.05, 4.69) is 156 Å². The van der Waals surface area contributed by atoms with Crippen LogP contribution in [0.1, 0.15) is 33.7 Å². The van der Waals surface area contributed by atoms with Gasteiger partial charge in [0.2, 0.25) is 0 Å². The highest BCUT2D eigenvalue weighted by atomic mass is 15.0. The lowest BCUT2D eigenvalue weighted by atomic mass is 9.87. The van der Waals surface area contributed by atoms with Crippen LogP contribution in [0.5, 0.6) is 0 Å². The molecule has 3 nitrogen and oxygen atoms in total. The maximum Gasteiger partial charge on any atom is 0.0992 e. The van der Waals surface area contributed by atoms with E-state index in [9.17, 15) is 10.5 Å². The first kappa shape index (κ1) is 27.6. The number of benzene rings is 7. The molecule has 0 N–H and O–H groups in total. The minimum Gasteiger partial charge on any atom is -0.309 e. The summed E-state index contributed by atoms with van der Waals surface area (Å²) < 4.78 is 2.32. The second-order valence-corrected chi connectivity index (χ2v) is 12.4. The maximum atomic E-state index is 9.81. The van der Waals surface area contributed by atoms with Gasteiger partial charge in [-0.05, 0) is 98.6 Å². The summed E-state index contributed by atoms with van der Waals surface area (Å²) in [7, 11) is 0. The molecule has 9 rings (SSSR count). The van der Waals surface area contributed by atoms with E-state index in [0.717, 1.165) is 39.0 Å². The first-order valence-electron chi connectivity index (χ1n) is 16.1. The van der Waals surface area contributed by atoms with Gasteiger partial charge in [0.05, 0.1) is 34.3 Å². The number of hydrogen-bond acceptors (Lipinski definition) is 2. The van der Waals surface area contributed by atoms with E-state index in [-0.39, 0.29) is 5.92 Å². The van der Waals surface area contributed by atoms with Crippen LogP contribution in [0.4, 0.5) is 0 Å². The van der Waals surface area contributed by atoms with E-state index in [1.165, 1.54) is 38.6 Å². The summed E-state index contributed by atoms with van der Waals surface area (Å²) in [6, 6.07) is 59.9. The van der Waals surface area contributed by atoms with Crippen molar-refractivity contribution in [2.75, 3.05) is 0 Å². The van der Waals surface area contributed by atoms with E-state index in [4.69, 9.17) is 0 Å². The van der Waals surface area contributed by atoms with E-state index < -0.39 is 0 Å². The Bertz CT molecular complexity index is 2530. The average molecular weight is 610 g/mol. The van der Waals surface area contributed by atoms with Crippen LogP contribution < -0.4 is 0 Å². The molecule has 0 unspecified atom stereocenters. The Morgan fingerprint density at radius 1 is 0.438 bits per heavy atom. The largest absolute Gasteiger partial charge is 0.309 e. The third kappa shape index (κ3) is 4.34. The summed E-state index contributed by atoms with van der Waals surface area (Å²) in [6.07, 6.45) is 0. The Morgan fingerprint density at radius 2 is 0.958 bits per heavy atom. The fourth-order valence-electron chi connectivity index (χ4n) is 7.61. The highest BCUT2D eigenvalue weighted by Crippen LogP contribution is 2.48. The number of fused-ring (bicyclic) bond motifs is 6. The van der Waals surface area contributed by atoms with Crippen LogP contribution in [0.25, 0.3) is 60.9 Å². The van der Waals surface area contributed by atoms with Gasteiger partial charge in [-0.25, -0.2) is 0 Å². The number of para-hydroxylation sites is 2. The van der Waals surface area contributed by atoms with Gasteiger partial charge in [0.1, 0.15) is 0 Å². The van der Waals surface area contributed by atoms with Crippen molar-refractivity contribution in [1.82, 2.24) is 4.57 Å². The Kier molecular flexibility index (Phi) is 6.32. The Hall–Kier alpha value is -6.68. The number of aromatic nitrogens is 1. The highest BCUT2D eigenvalue weighted by Gasteiger charge is 2.29. The number of nitriles is 2. The molecule has 7 aromatic carbocycles. The third-order valence-electron chi connectivity index (χ3n) is 9.67. The minimum absolute atomic E-state index is 0.142. The molecule has 222 valence electrons. The van der Waals surface area contributed by atoms with E-state index in [1.54, 1.807) is 6.07 Å². The Balaban J connectivity index is 1.29. The average Bonchev–Trinajstić information content (AvgIpc) is 3.67. The molecule has 1 heterocycles. The van der Waals surface area contributed by atoms with Gasteiger partial charge in [0.15, 0.2) is 0 Å². The monoisotopic (exact) mass is 609 g/mol. The zero-order valence-corrected chi connectivity index (χ0v) is 25.9. The number of hydrogen-bond donors (Lipinski definition) is 0. The SMILES string of the molecule is N#Cc1cc(C#N)cc(-c2cc(-c3cccc(C4c5ccccc5-c5ccccc54)c3)cc(-n3c4ccccc4c4ccccc43)c2)c1. The molecule has 0 atom stereocenters. The Labute approximate surface area is 278 Å². The molecule has 0 fully saturated rings. The lowest BCUT2D eigenvalue weighted by molar-refractivity contribution is 1.02. The quantitative estimate of drug-likeness (QED) is 0.199. The molecule has 1 aromatic heterocycles. The molecule has 1 aliphatic rings. The van der Waals surface area contributed by atoms with Crippen molar-refractivity contribution in [2.45, 2.75) is 5.92 Å². The molecule has 0 aliphatic heterocycles. The molecular weight excluding hydrogens is 583 g/mol. The number of nitrogens with zero attached hydrogens (tertiary/aromatic N) is 3. The molecule has 0 bridgehead atoms. The molecule has 0 saturated heterocycles. The summed E-state index contributed by atoms with van der Waals surface area (Å²) in [5.41, 5.74) is 14.6. The smallest absolute Gasteiger partial charge is 0.0992 e. The summed E-state index contributed by atoms with van der Waals surface area (Å²) >= 11 is 0. The summed E-state index contributed by atoms with van der Waals surface area (Å²) in [5, 5.41) is 22.0. The summed E-state index contributed by atoms with van der Waals surface area (Å²) in [5.74, 6) is 0.142. The molecule has 1 aliphatic carbocycles. The van der Waals surface area contributed by atoms with Crippen molar-refractivity contribution < 1.29 is 0 Å². The molecule has 0 saturated carbocycles. The van der Waals surface area contributed by atoms with Gasteiger partial charge in [0.25, 0.3) is 0 Å². The standard InChI is InChI=1S/C45H27N3/c46-27-29-20-30(28-47)22-33(21-29)35-24-34(25-36(26-35)48-43-18-7-5-14-39(43)40-15-6-8-19-44(40)48)31-10-9-11-32(23-31)45-41-16-3-1-12-37(41)38-13-2-4-17-42(38)45/h1-26,45H. The molecule has 48 heavy (non-hydrogen) atoms. The van der Waals surface area contributed by atoms with Crippen molar-refractivity contribution in [3.63, 3.8) is 0 Å². The first-order chi connectivity index (χ1) is 23.7. The zero-order chi connectivity index (χ0) is 32.2. The van der Waals surface area contributed by atoms with Crippen LogP contribution in [-0.4, -0.2) is 4.57 Å². The van der Waals surface area contributed by atoms with Gasteiger partial charge in [-0.2, -0.15) is 10.5 Å². The molecule has 3 heteroatoms. The minimum atomic E-state index is 0.142. The Morgan fingerprint density at radius 3 is 1.56 bits per heavy atom.